The van der Waals surface area contributed by atoms with Crippen LogP contribution in [0.4, 0.5) is 0 Å². The van der Waals surface area contributed by atoms with Crippen molar-refractivity contribution in [3.63, 3.8) is 0 Å². The maximum Gasteiger partial charge on any atom is 0.246 e. The quantitative estimate of drug-likeness (QED) is 0.833. The number of hydrogen-bond acceptors (Lipinski definition) is 3. The molecule has 128 valence electrons. The van der Waals surface area contributed by atoms with Gasteiger partial charge in [-0.15, -0.1) is 0 Å². The second-order valence-corrected chi connectivity index (χ2v) is 6.69. The summed E-state index contributed by atoms with van der Waals surface area (Å²) in [6.45, 7) is 5.33. The summed E-state index contributed by atoms with van der Waals surface area (Å²) in [5, 5.41) is 3.01. The summed E-state index contributed by atoms with van der Waals surface area (Å²) in [6.07, 6.45) is 5.73. The summed E-state index contributed by atoms with van der Waals surface area (Å²) in [6, 6.07) is 8.49. The molecule has 24 heavy (non-hydrogen) atoms. The Morgan fingerprint density at radius 2 is 1.96 bits per heavy atom. The second kappa shape index (κ2) is 7.62. The third kappa shape index (κ3) is 4.93. The molecule has 1 aromatic rings. The number of piperazine rings is 1. The van der Waals surface area contributed by atoms with Gasteiger partial charge in [0.15, 0.2) is 0 Å². The van der Waals surface area contributed by atoms with Crippen LogP contribution in [0, 0.1) is 6.92 Å². The fraction of sp³-hybridized carbons (Fsp3) is 0.474. The highest BCUT2D eigenvalue weighted by Gasteiger charge is 2.25. The Balaban J connectivity index is 1.43. The molecule has 5 nitrogen and oxygen atoms in total. The number of aryl methyl sites for hydroxylation is 1. The first-order chi connectivity index (χ1) is 11.6. The molecule has 2 fully saturated rings. The van der Waals surface area contributed by atoms with Gasteiger partial charge in [-0.05, 0) is 31.4 Å². The summed E-state index contributed by atoms with van der Waals surface area (Å²) in [5.74, 6) is 0.148. The van der Waals surface area contributed by atoms with Crippen molar-refractivity contribution in [2.75, 3.05) is 32.7 Å². The van der Waals surface area contributed by atoms with E-state index in [1.165, 1.54) is 5.56 Å². The molecule has 2 amide bonds. The minimum absolute atomic E-state index is 0.0404. The van der Waals surface area contributed by atoms with Gasteiger partial charge < -0.3 is 10.2 Å². The van der Waals surface area contributed by atoms with Gasteiger partial charge in [-0.3, -0.25) is 14.5 Å². The van der Waals surface area contributed by atoms with Crippen molar-refractivity contribution in [1.29, 1.82) is 0 Å². The van der Waals surface area contributed by atoms with E-state index in [1.807, 2.05) is 36.1 Å². The van der Waals surface area contributed by atoms with E-state index in [9.17, 15) is 9.59 Å². The summed E-state index contributed by atoms with van der Waals surface area (Å²) in [5.41, 5.74) is 2.22. The SMILES string of the molecule is Cc1cccc(/C=C/C(=O)N2CCN(CC(=O)NC3CC3)CC2)c1. The van der Waals surface area contributed by atoms with Gasteiger partial charge >= 0.3 is 0 Å². The van der Waals surface area contributed by atoms with E-state index in [2.05, 4.69) is 16.3 Å². The zero-order chi connectivity index (χ0) is 16.9. The highest BCUT2D eigenvalue weighted by Crippen LogP contribution is 2.18. The molecule has 0 unspecified atom stereocenters. The lowest BCUT2D eigenvalue weighted by Crippen LogP contribution is -2.51. The van der Waals surface area contributed by atoms with Crippen molar-refractivity contribution in [3.8, 4) is 0 Å². The molecule has 0 atom stereocenters. The molecule has 0 bridgehead atoms. The summed E-state index contributed by atoms with van der Waals surface area (Å²) in [7, 11) is 0. The normalized spacial score (nSPS) is 18.8. The van der Waals surface area contributed by atoms with Crippen molar-refractivity contribution >= 4 is 17.9 Å². The van der Waals surface area contributed by atoms with Crippen molar-refractivity contribution in [3.05, 3.63) is 41.5 Å². The third-order valence-electron chi connectivity index (χ3n) is 4.45. The van der Waals surface area contributed by atoms with Crippen LogP contribution in [-0.2, 0) is 9.59 Å². The lowest BCUT2D eigenvalue weighted by atomic mass is 10.1. The number of carbonyl (C=O) groups excluding carboxylic acids is 2. The van der Waals surface area contributed by atoms with E-state index in [0.717, 1.165) is 31.5 Å². The molecule has 0 radical (unpaired) electrons. The second-order valence-electron chi connectivity index (χ2n) is 6.69. The predicted molar refractivity (Wildman–Crippen MR) is 94.4 cm³/mol. The smallest absolute Gasteiger partial charge is 0.246 e. The Labute approximate surface area is 143 Å². The van der Waals surface area contributed by atoms with Gasteiger partial charge in [-0.25, -0.2) is 0 Å². The van der Waals surface area contributed by atoms with E-state index in [4.69, 9.17) is 0 Å². The van der Waals surface area contributed by atoms with E-state index in [1.54, 1.807) is 6.08 Å². The average molecular weight is 327 g/mol. The number of hydrogen-bond donors (Lipinski definition) is 1. The predicted octanol–water partition coefficient (Wildman–Crippen LogP) is 1.43. The van der Waals surface area contributed by atoms with E-state index in [0.29, 0.717) is 25.7 Å². The van der Waals surface area contributed by atoms with Gasteiger partial charge in [0, 0.05) is 38.3 Å². The van der Waals surface area contributed by atoms with Gasteiger partial charge in [0.05, 0.1) is 6.54 Å². The Hall–Kier alpha value is -2.14. The third-order valence-corrected chi connectivity index (χ3v) is 4.45. The van der Waals surface area contributed by atoms with Gasteiger partial charge in [-0.2, -0.15) is 0 Å². The summed E-state index contributed by atoms with van der Waals surface area (Å²) >= 11 is 0. The molecule has 1 heterocycles. The van der Waals surface area contributed by atoms with Crippen LogP contribution in [0.25, 0.3) is 6.08 Å². The Morgan fingerprint density at radius 3 is 2.62 bits per heavy atom. The molecule has 5 heteroatoms. The number of amides is 2. The molecule has 0 aromatic heterocycles. The monoisotopic (exact) mass is 327 g/mol. The molecule has 2 aliphatic rings. The zero-order valence-corrected chi connectivity index (χ0v) is 14.2. The summed E-state index contributed by atoms with van der Waals surface area (Å²) < 4.78 is 0. The van der Waals surface area contributed by atoms with Crippen LogP contribution in [-0.4, -0.2) is 60.4 Å². The minimum Gasteiger partial charge on any atom is -0.352 e. The molecule has 1 saturated carbocycles. The molecule has 0 spiro atoms. The standard InChI is InChI=1S/C19H25N3O2/c1-15-3-2-4-16(13-15)5-8-19(24)22-11-9-21(10-12-22)14-18(23)20-17-6-7-17/h2-5,8,13,17H,6-7,9-12,14H2,1H3,(H,20,23)/b8-5+. The largest absolute Gasteiger partial charge is 0.352 e. The number of nitrogens with one attached hydrogen (secondary N) is 1. The molecular weight excluding hydrogens is 302 g/mol. The van der Waals surface area contributed by atoms with Gasteiger partial charge in [-0.1, -0.05) is 29.8 Å². The molecule has 1 saturated heterocycles. The van der Waals surface area contributed by atoms with Crippen LogP contribution in [0.5, 0.6) is 0 Å². The number of nitrogens with zero attached hydrogens (tertiary/aromatic N) is 2. The Bertz CT molecular complexity index is 629. The first-order valence-corrected chi connectivity index (χ1v) is 8.65. The van der Waals surface area contributed by atoms with Crippen LogP contribution < -0.4 is 5.32 Å². The van der Waals surface area contributed by atoms with E-state index >= 15 is 0 Å². The lowest BCUT2D eigenvalue weighted by Gasteiger charge is -2.33. The van der Waals surface area contributed by atoms with Crippen LogP contribution in [0.15, 0.2) is 30.3 Å². The zero-order valence-electron chi connectivity index (χ0n) is 14.2. The van der Waals surface area contributed by atoms with Crippen LogP contribution in [0.2, 0.25) is 0 Å². The van der Waals surface area contributed by atoms with Crippen molar-refractivity contribution in [1.82, 2.24) is 15.1 Å². The molecule has 3 rings (SSSR count). The molecule has 1 aliphatic heterocycles. The van der Waals surface area contributed by atoms with Gasteiger partial charge in [0.2, 0.25) is 11.8 Å². The van der Waals surface area contributed by atoms with Crippen LogP contribution in [0.3, 0.4) is 0 Å². The Kier molecular flexibility index (Phi) is 5.30. The molecule has 1 N–H and O–H groups in total. The molecule has 1 aliphatic carbocycles. The average Bonchev–Trinajstić information content (AvgIpc) is 3.37. The van der Waals surface area contributed by atoms with Crippen molar-refractivity contribution in [2.24, 2.45) is 0 Å². The van der Waals surface area contributed by atoms with Crippen LogP contribution in [0.1, 0.15) is 24.0 Å². The molecule has 1 aromatic carbocycles. The van der Waals surface area contributed by atoms with Crippen molar-refractivity contribution in [2.45, 2.75) is 25.8 Å². The maximum absolute atomic E-state index is 12.3. The molecular formula is C19H25N3O2. The van der Waals surface area contributed by atoms with Gasteiger partial charge in [0.1, 0.15) is 0 Å². The number of carbonyl (C=O) groups is 2. The fourth-order valence-corrected chi connectivity index (χ4v) is 2.88. The highest BCUT2D eigenvalue weighted by atomic mass is 16.2. The first-order valence-electron chi connectivity index (χ1n) is 8.65. The van der Waals surface area contributed by atoms with E-state index in [-0.39, 0.29) is 11.8 Å². The van der Waals surface area contributed by atoms with Crippen LogP contribution >= 0.6 is 0 Å². The maximum atomic E-state index is 12.3. The number of benzene rings is 1. The van der Waals surface area contributed by atoms with Gasteiger partial charge in [0.25, 0.3) is 0 Å². The highest BCUT2D eigenvalue weighted by molar-refractivity contribution is 5.91. The lowest BCUT2D eigenvalue weighted by molar-refractivity contribution is -0.128. The van der Waals surface area contributed by atoms with Crippen molar-refractivity contribution < 1.29 is 9.59 Å². The Morgan fingerprint density at radius 1 is 1.21 bits per heavy atom. The topological polar surface area (TPSA) is 52.7 Å². The first kappa shape index (κ1) is 16.7. The fourth-order valence-electron chi connectivity index (χ4n) is 2.88. The van der Waals surface area contributed by atoms with E-state index < -0.39 is 0 Å². The number of rotatable bonds is 5. The summed E-state index contributed by atoms with van der Waals surface area (Å²) in [4.78, 5) is 28.1. The minimum atomic E-state index is 0.0404.